The average Bonchev–Trinajstić information content (AvgIpc) is 2.76. The molecule has 0 aromatic carbocycles. The van der Waals surface area contributed by atoms with Crippen molar-refractivity contribution in [2.24, 2.45) is 0 Å². The molecular formula is C11H21N3O2. The molecule has 0 spiro atoms. The molecule has 5 heteroatoms. The Morgan fingerprint density at radius 2 is 2.12 bits per heavy atom. The third-order valence-corrected chi connectivity index (χ3v) is 2.61. The summed E-state index contributed by atoms with van der Waals surface area (Å²) in [5.74, 6) is -0.166. The summed E-state index contributed by atoms with van der Waals surface area (Å²) in [5.41, 5.74) is 0. The van der Waals surface area contributed by atoms with Crippen molar-refractivity contribution < 1.29 is 9.59 Å². The molecule has 1 aliphatic heterocycles. The molecule has 5 nitrogen and oxygen atoms in total. The molecule has 92 valence electrons. The van der Waals surface area contributed by atoms with Crippen LogP contribution in [0.25, 0.3) is 0 Å². The number of rotatable bonds is 6. The maximum absolute atomic E-state index is 11.4. The van der Waals surface area contributed by atoms with E-state index in [9.17, 15) is 9.59 Å². The van der Waals surface area contributed by atoms with Gasteiger partial charge in [-0.15, -0.1) is 0 Å². The van der Waals surface area contributed by atoms with Gasteiger partial charge in [-0.1, -0.05) is 6.92 Å². The molecule has 1 heterocycles. The summed E-state index contributed by atoms with van der Waals surface area (Å²) in [7, 11) is 0. The second-order valence-corrected chi connectivity index (χ2v) is 4.12. The molecule has 1 saturated heterocycles. The van der Waals surface area contributed by atoms with Crippen molar-refractivity contribution in [2.75, 3.05) is 19.6 Å². The first-order valence-corrected chi connectivity index (χ1v) is 5.99. The van der Waals surface area contributed by atoms with Gasteiger partial charge in [0.1, 0.15) is 0 Å². The summed E-state index contributed by atoms with van der Waals surface area (Å²) in [6.45, 7) is 3.74. The molecule has 3 N–H and O–H groups in total. The molecular weight excluding hydrogens is 206 g/mol. The van der Waals surface area contributed by atoms with Gasteiger partial charge in [0.05, 0.1) is 6.54 Å². The highest BCUT2D eigenvalue weighted by atomic mass is 16.2. The summed E-state index contributed by atoms with van der Waals surface area (Å²) in [5, 5.41) is 8.59. The van der Waals surface area contributed by atoms with E-state index in [0.717, 1.165) is 25.8 Å². The highest BCUT2D eigenvalue weighted by Crippen LogP contribution is 2.07. The minimum Gasteiger partial charge on any atom is -0.355 e. The van der Waals surface area contributed by atoms with E-state index in [1.165, 1.54) is 0 Å². The molecule has 1 fully saturated rings. The lowest BCUT2D eigenvalue weighted by Gasteiger charge is -2.10. The van der Waals surface area contributed by atoms with Crippen LogP contribution in [0.5, 0.6) is 0 Å². The summed E-state index contributed by atoms with van der Waals surface area (Å²) >= 11 is 0. The lowest BCUT2D eigenvalue weighted by Crippen LogP contribution is -2.39. The predicted octanol–water partition coefficient (Wildman–Crippen LogP) is -0.229. The Kier molecular flexibility index (Phi) is 5.85. The van der Waals surface area contributed by atoms with Gasteiger partial charge < -0.3 is 16.0 Å². The van der Waals surface area contributed by atoms with Crippen molar-refractivity contribution in [2.45, 2.75) is 38.6 Å². The van der Waals surface area contributed by atoms with Gasteiger partial charge >= 0.3 is 0 Å². The number of amides is 2. The van der Waals surface area contributed by atoms with Gasteiger partial charge in [0.15, 0.2) is 0 Å². The summed E-state index contributed by atoms with van der Waals surface area (Å²) in [4.78, 5) is 22.6. The number of carbonyl (C=O) groups excluding carboxylic acids is 2. The summed E-state index contributed by atoms with van der Waals surface area (Å²) in [6, 6.07) is 0.290. The van der Waals surface area contributed by atoms with Crippen LogP contribution in [0.4, 0.5) is 0 Å². The van der Waals surface area contributed by atoms with E-state index < -0.39 is 0 Å². The Labute approximate surface area is 96.4 Å². The monoisotopic (exact) mass is 227 g/mol. The molecule has 0 radical (unpaired) electrons. The molecule has 16 heavy (non-hydrogen) atoms. The van der Waals surface area contributed by atoms with Crippen molar-refractivity contribution >= 4 is 11.8 Å². The number of nitrogens with one attached hydrogen (secondary N) is 3. The van der Waals surface area contributed by atoms with E-state index in [4.69, 9.17) is 0 Å². The number of carbonyl (C=O) groups is 2. The zero-order chi connectivity index (χ0) is 11.8. The van der Waals surface area contributed by atoms with Crippen LogP contribution in [0.2, 0.25) is 0 Å². The van der Waals surface area contributed by atoms with Crippen molar-refractivity contribution in [3.8, 4) is 0 Å². The lowest BCUT2D eigenvalue weighted by atomic mass is 10.1. The van der Waals surface area contributed by atoms with Crippen LogP contribution < -0.4 is 16.0 Å². The number of hydrogen-bond donors (Lipinski definition) is 3. The third-order valence-electron chi connectivity index (χ3n) is 2.61. The zero-order valence-corrected chi connectivity index (χ0v) is 9.84. The normalized spacial score (nSPS) is 19.4. The van der Waals surface area contributed by atoms with Crippen LogP contribution in [0.3, 0.4) is 0 Å². The Balaban J connectivity index is 2.07. The Morgan fingerprint density at radius 3 is 2.75 bits per heavy atom. The van der Waals surface area contributed by atoms with E-state index >= 15 is 0 Å². The first-order chi connectivity index (χ1) is 7.72. The fourth-order valence-corrected chi connectivity index (χ4v) is 1.73. The second-order valence-electron chi connectivity index (χ2n) is 4.12. The zero-order valence-electron chi connectivity index (χ0n) is 9.84. The first kappa shape index (κ1) is 13.0. The van der Waals surface area contributed by atoms with Crippen LogP contribution >= 0.6 is 0 Å². The van der Waals surface area contributed by atoms with E-state index in [1.807, 2.05) is 6.92 Å². The minimum atomic E-state index is -0.116. The average molecular weight is 227 g/mol. The van der Waals surface area contributed by atoms with Crippen LogP contribution in [-0.2, 0) is 9.59 Å². The van der Waals surface area contributed by atoms with E-state index in [2.05, 4.69) is 16.0 Å². The lowest BCUT2D eigenvalue weighted by molar-refractivity contribution is -0.126. The van der Waals surface area contributed by atoms with E-state index in [-0.39, 0.29) is 18.4 Å². The molecule has 0 aliphatic carbocycles. The van der Waals surface area contributed by atoms with Gasteiger partial charge in [0, 0.05) is 19.0 Å². The Morgan fingerprint density at radius 1 is 1.31 bits per heavy atom. The fourth-order valence-electron chi connectivity index (χ4n) is 1.73. The summed E-state index contributed by atoms with van der Waals surface area (Å²) in [6.07, 6.45) is 3.57. The molecule has 1 atom stereocenters. The van der Waals surface area contributed by atoms with Crippen molar-refractivity contribution in [3.63, 3.8) is 0 Å². The van der Waals surface area contributed by atoms with E-state index in [1.54, 1.807) is 0 Å². The molecule has 2 amide bonds. The van der Waals surface area contributed by atoms with Crippen LogP contribution in [0, 0.1) is 0 Å². The molecule has 0 aromatic rings. The molecule has 1 unspecified atom stereocenters. The first-order valence-electron chi connectivity index (χ1n) is 5.99. The van der Waals surface area contributed by atoms with Crippen LogP contribution in [-0.4, -0.2) is 37.5 Å². The van der Waals surface area contributed by atoms with Crippen molar-refractivity contribution in [1.29, 1.82) is 0 Å². The molecule has 1 rings (SSSR count). The maximum atomic E-state index is 11.4. The van der Waals surface area contributed by atoms with Crippen molar-refractivity contribution in [3.05, 3.63) is 0 Å². The molecule has 0 aromatic heterocycles. The van der Waals surface area contributed by atoms with Crippen LogP contribution in [0.1, 0.15) is 32.6 Å². The third kappa shape index (κ3) is 5.11. The molecule has 0 bridgehead atoms. The maximum Gasteiger partial charge on any atom is 0.239 e. The highest BCUT2D eigenvalue weighted by molar-refractivity contribution is 5.84. The second kappa shape index (κ2) is 7.22. The van der Waals surface area contributed by atoms with E-state index in [0.29, 0.717) is 19.0 Å². The Bertz CT molecular complexity index is 237. The van der Waals surface area contributed by atoms with Gasteiger partial charge in [0.25, 0.3) is 0 Å². The summed E-state index contributed by atoms with van der Waals surface area (Å²) < 4.78 is 0. The van der Waals surface area contributed by atoms with Gasteiger partial charge in [-0.25, -0.2) is 0 Å². The standard InChI is InChI=1S/C11H21N3O2/c1-2-5-13-11(16)8-14-10(15)7-9-4-3-6-12-9/h9,12H,2-8H2,1H3,(H,13,16)(H,14,15). The quantitative estimate of drug-likeness (QED) is 0.587. The van der Waals surface area contributed by atoms with Gasteiger partial charge in [-0.05, 0) is 25.8 Å². The van der Waals surface area contributed by atoms with Gasteiger partial charge in [-0.2, -0.15) is 0 Å². The molecule has 0 saturated carbocycles. The minimum absolute atomic E-state index is 0.0500. The smallest absolute Gasteiger partial charge is 0.239 e. The molecule has 1 aliphatic rings. The van der Waals surface area contributed by atoms with Crippen molar-refractivity contribution in [1.82, 2.24) is 16.0 Å². The van der Waals surface area contributed by atoms with Gasteiger partial charge in [-0.3, -0.25) is 9.59 Å². The van der Waals surface area contributed by atoms with Gasteiger partial charge in [0.2, 0.25) is 11.8 Å². The highest BCUT2D eigenvalue weighted by Gasteiger charge is 2.17. The number of hydrogen-bond acceptors (Lipinski definition) is 3. The largest absolute Gasteiger partial charge is 0.355 e. The van der Waals surface area contributed by atoms with Crippen LogP contribution in [0.15, 0.2) is 0 Å². The predicted molar refractivity (Wildman–Crippen MR) is 62.0 cm³/mol. The fraction of sp³-hybridized carbons (Fsp3) is 0.818. The Hall–Kier alpha value is -1.10. The topological polar surface area (TPSA) is 70.2 Å². The SMILES string of the molecule is CCCNC(=O)CNC(=O)CC1CCCN1.